The molecule has 0 aliphatic heterocycles. The van der Waals surface area contributed by atoms with Crippen LogP contribution in [0.1, 0.15) is 25.3 Å². The zero-order chi connectivity index (χ0) is 12.7. The smallest absolute Gasteiger partial charge is 0.162 e. The molecule has 0 amide bonds. The molecule has 0 saturated carbocycles. The molecule has 1 aromatic carbocycles. The number of ether oxygens (including phenoxy) is 1. The van der Waals surface area contributed by atoms with E-state index in [9.17, 15) is 13.9 Å². The molecule has 0 fully saturated rings. The minimum atomic E-state index is -0.871. The monoisotopic (exact) mass is 244 g/mol. The highest BCUT2D eigenvalue weighted by Crippen LogP contribution is 2.14. The molecule has 4 heteroatoms. The molecule has 0 saturated heterocycles. The molecule has 0 aromatic heterocycles. The van der Waals surface area contributed by atoms with E-state index in [0.717, 1.165) is 6.07 Å². The van der Waals surface area contributed by atoms with Crippen LogP contribution in [0.2, 0.25) is 0 Å². The molecule has 0 heterocycles. The molecule has 1 aromatic rings. The summed E-state index contributed by atoms with van der Waals surface area (Å²) >= 11 is 0. The lowest BCUT2D eigenvalue weighted by molar-refractivity contribution is 0.114. The summed E-state index contributed by atoms with van der Waals surface area (Å²) in [6.07, 6.45) is 0.712. The van der Waals surface area contributed by atoms with Crippen molar-refractivity contribution in [2.45, 2.75) is 32.3 Å². The summed E-state index contributed by atoms with van der Waals surface area (Å²) in [5.41, 5.74) is 0.217. The van der Waals surface area contributed by atoms with E-state index < -0.39 is 17.7 Å². The highest BCUT2D eigenvalue weighted by atomic mass is 19.2. The van der Waals surface area contributed by atoms with Gasteiger partial charge in [0.2, 0.25) is 0 Å². The Balaban J connectivity index is 2.39. The van der Waals surface area contributed by atoms with Crippen LogP contribution >= 0.6 is 0 Å². The summed E-state index contributed by atoms with van der Waals surface area (Å²) in [6, 6.07) is 4.01. The fourth-order valence-electron chi connectivity index (χ4n) is 1.63. The minimum absolute atomic E-state index is 0.135. The molecule has 0 radical (unpaired) electrons. The Hall–Kier alpha value is -1.00. The summed E-state index contributed by atoms with van der Waals surface area (Å²) in [4.78, 5) is 0. The van der Waals surface area contributed by atoms with E-state index in [2.05, 4.69) is 0 Å². The van der Waals surface area contributed by atoms with Gasteiger partial charge in [-0.25, -0.2) is 8.78 Å². The molecule has 1 N–H and O–H groups in total. The summed E-state index contributed by atoms with van der Waals surface area (Å²) in [5.74, 6) is -1.74. The summed E-state index contributed by atoms with van der Waals surface area (Å²) in [5, 5.41) is 9.67. The third-order valence-electron chi connectivity index (χ3n) is 2.52. The normalized spacial score (nSPS) is 12.7. The van der Waals surface area contributed by atoms with Crippen molar-refractivity contribution in [3.05, 3.63) is 35.4 Å². The van der Waals surface area contributed by atoms with Crippen LogP contribution in [0.4, 0.5) is 8.78 Å². The Morgan fingerprint density at radius 2 is 2.12 bits per heavy atom. The summed E-state index contributed by atoms with van der Waals surface area (Å²) in [6.45, 7) is 3.13. The Labute approximate surface area is 100 Å². The third kappa shape index (κ3) is 4.79. The van der Waals surface area contributed by atoms with Crippen molar-refractivity contribution >= 4 is 0 Å². The maximum atomic E-state index is 13.3. The highest BCUT2D eigenvalue weighted by molar-refractivity contribution is 5.19. The number of aliphatic hydroxyl groups excluding tert-OH is 1. The Morgan fingerprint density at radius 1 is 1.35 bits per heavy atom. The van der Waals surface area contributed by atoms with Crippen LogP contribution in [0.5, 0.6) is 0 Å². The van der Waals surface area contributed by atoms with Crippen LogP contribution in [-0.4, -0.2) is 24.4 Å². The summed E-state index contributed by atoms with van der Waals surface area (Å²) in [7, 11) is 0. The van der Waals surface area contributed by atoms with Crippen LogP contribution < -0.4 is 0 Å². The first-order chi connectivity index (χ1) is 8.15. The van der Waals surface area contributed by atoms with Crippen LogP contribution in [0.25, 0.3) is 0 Å². The Morgan fingerprint density at radius 3 is 2.82 bits per heavy atom. The van der Waals surface area contributed by atoms with Gasteiger partial charge in [0.25, 0.3) is 0 Å². The molecule has 0 aliphatic rings. The van der Waals surface area contributed by atoms with Gasteiger partial charge in [-0.05, 0) is 31.4 Å². The number of hydrogen-bond acceptors (Lipinski definition) is 2. The highest BCUT2D eigenvalue weighted by Gasteiger charge is 2.12. The van der Waals surface area contributed by atoms with Gasteiger partial charge in [-0.1, -0.05) is 12.1 Å². The first kappa shape index (κ1) is 14.1. The van der Waals surface area contributed by atoms with E-state index >= 15 is 0 Å². The molecule has 1 atom stereocenters. The fraction of sp³-hybridized carbons (Fsp3) is 0.538. The fourth-order valence-corrected chi connectivity index (χ4v) is 1.63. The quantitative estimate of drug-likeness (QED) is 0.747. The summed E-state index contributed by atoms with van der Waals surface area (Å²) < 4.78 is 31.3. The SMILES string of the molecule is CCOCCCC(O)Cc1cccc(F)c1F. The number of halogens is 2. The standard InChI is InChI=1S/C13H18F2O2/c1-2-17-8-4-6-11(16)9-10-5-3-7-12(14)13(10)15/h3,5,7,11,16H,2,4,6,8-9H2,1H3. The van der Waals surface area contributed by atoms with E-state index in [0.29, 0.717) is 26.1 Å². The lowest BCUT2D eigenvalue weighted by atomic mass is 10.0. The molecule has 0 aliphatic carbocycles. The van der Waals surface area contributed by atoms with Gasteiger partial charge in [0.1, 0.15) is 0 Å². The number of benzene rings is 1. The molecule has 0 spiro atoms. The van der Waals surface area contributed by atoms with Crippen molar-refractivity contribution < 1.29 is 18.6 Å². The van der Waals surface area contributed by atoms with E-state index in [1.165, 1.54) is 12.1 Å². The van der Waals surface area contributed by atoms with E-state index in [1.54, 1.807) is 0 Å². The maximum Gasteiger partial charge on any atom is 0.162 e. The van der Waals surface area contributed by atoms with E-state index in [1.807, 2.05) is 6.92 Å². The van der Waals surface area contributed by atoms with Crippen molar-refractivity contribution in [1.29, 1.82) is 0 Å². The van der Waals surface area contributed by atoms with E-state index in [4.69, 9.17) is 4.74 Å². The second-order valence-electron chi connectivity index (χ2n) is 3.91. The van der Waals surface area contributed by atoms with E-state index in [-0.39, 0.29) is 12.0 Å². The molecule has 96 valence electrons. The zero-order valence-electron chi connectivity index (χ0n) is 9.96. The topological polar surface area (TPSA) is 29.5 Å². The van der Waals surface area contributed by atoms with Gasteiger partial charge in [0, 0.05) is 19.6 Å². The van der Waals surface area contributed by atoms with Crippen molar-refractivity contribution in [3.8, 4) is 0 Å². The lowest BCUT2D eigenvalue weighted by Crippen LogP contribution is -2.13. The van der Waals surface area contributed by atoms with Crippen molar-refractivity contribution in [2.24, 2.45) is 0 Å². The largest absolute Gasteiger partial charge is 0.393 e. The first-order valence-electron chi connectivity index (χ1n) is 5.83. The molecule has 1 unspecified atom stereocenters. The van der Waals surface area contributed by atoms with Gasteiger partial charge in [-0.2, -0.15) is 0 Å². The molecule has 1 rings (SSSR count). The predicted octanol–water partition coefficient (Wildman–Crippen LogP) is 2.68. The average Bonchev–Trinajstić information content (AvgIpc) is 2.31. The second-order valence-corrected chi connectivity index (χ2v) is 3.91. The van der Waals surface area contributed by atoms with Gasteiger partial charge in [0.15, 0.2) is 11.6 Å². The predicted molar refractivity (Wildman–Crippen MR) is 61.8 cm³/mol. The number of aliphatic hydroxyl groups is 1. The molecule has 2 nitrogen and oxygen atoms in total. The third-order valence-corrected chi connectivity index (χ3v) is 2.52. The zero-order valence-corrected chi connectivity index (χ0v) is 9.96. The molecular formula is C13H18F2O2. The van der Waals surface area contributed by atoms with Gasteiger partial charge in [-0.3, -0.25) is 0 Å². The Bertz CT molecular complexity index is 342. The van der Waals surface area contributed by atoms with Gasteiger partial charge < -0.3 is 9.84 Å². The number of rotatable bonds is 7. The van der Waals surface area contributed by atoms with Crippen LogP contribution in [-0.2, 0) is 11.2 Å². The maximum absolute atomic E-state index is 13.3. The first-order valence-corrected chi connectivity index (χ1v) is 5.83. The lowest BCUT2D eigenvalue weighted by Gasteiger charge is -2.11. The molecule has 17 heavy (non-hydrogen) atoms. The minimum Gasteiger partial charge on any atom is -0.393 e. The van der Waals surface area contributed by atoms with Gasteiger partial charge in [-0.15, -0.1) is 0 Å². The Kier molecular flexibility index (Phi) is 6.08. The van der Waals surface area contributed by atoms with Gasteiger partial charge >= 0.3 is 0 Å². The van der Waals surface area contributed by atoms with Crippen molar-refractivity contribution in [3.63, 3.8) is 0 Å². The average molecular weight is 244 g/mol. The van der Waals surface area contributed by atoms with Gasteiger partial charge in [0.05, 0.1) is 6.10 Å². The van der Waals surface area contributed by atoms with Crippen molar-refractivity contribution in [1.82, 2.24) is 0 Å². The van der Waals surface area contributed by atoms with Crippen molar-refractivity contribution in [2.75, 3.05) is 13.2 Å². The molecule has 0 bridgehead atoms. The molecular weight excluding hydrogens is 226 g/mol. The van der Waals surface area contributed by atoms with Crippen LogP contribution in [0.15, 0.2) is 18.2 Å². The van der Waals surface area contributed by atoms with Crippen LogP contribution in [0, 0.1) is 11.6 Å². The van der Waals surface area contributed by atoms with Crippen LogP contribution in [0.3, 0.4) is 0 Å². The second kappa shape index (κ2) is 7.35. The number of hydrogen-bond donors (Lipinski definition) is 1.